The molecule has 2 aliphatic heterocycles. The molecule has 0 saturated carbocycles. The fraction of sp³-hybridized carbons (Fsp3) is 0.583. The summed E-state index contributed by atoms with van der Waals surface area (Å²) in [6.07, 6.45) is -1.91. The molecule has 0 spiro atoms. The van der Waals surface area contributed by atoms with Crippen LogP contribution in [0.1, 0.15) is 108 Å². The molecule has 0 aliphatic carbocycles. The lowest BCUT2D eigenvalue weighted by Gasteiger charge is -2.40. The van der Waals surface area contributed by atoms with Gasteiger partial charge < -0.3 is 65.4 Å². The van der Waals surface area contributed by atoms with Gasteiger partial charge in [0.05, 0.1) is 29.9 Å². The van der Waals surface area contributed by atoms with E-state index in [2.05, 4.69) is 31.9 Å². The largest absolute Gasteiger partial charge is 0.487 e. The Morgan fingerprint density at radius 2 is 0.957 bits per heavy atom. The summed E-state index contributed by atoms with van der Waals surface area (Å²) in [5.74, 6) is 0.522. The van der Waals surface area contributed by atoms with Crippen molar-refractivity contribution in [2.24, 2.45) is 0 Å². The van der Waals surface area contributed by atoms with Gasteiger partial charge in [-0.3, -0.25) is 4.79 Å². The average Bonchev–Trinajstić information content (AvgIpc) is 3.17. The Bertz CT molecular complexity index is 2100. The minimum absolute atomic E-state index is 0.0917. The van der Waals surface area contributed by atoms with Crippen molar-refractivity contribution in [2.45, 2.75) is 156 Å². The average molecular weight is 962 g/mol. The van der Waals surface area contributed by atoms with Crippen LogP contribution in [-0.2, 0) is 30.3 Å². The zero-order valence-corrected chi connectivity index (χ0v) is 42.2. The topological polar surface area (TPSA) is 249 Å². The summed E-state index contributed by atoms with van der Waals surface area (Å²) in [5.41, 5.74) is -1.24. The molecule has 0 radical (unpaired) electrons. The molecule has 21 heteroatoms. The summed E-state index contributed by atoms with van der Waals surface area (Å²) < 4.78 is 28.7. The quantitative estimate of drug-likeness (QED) is 0.0987. The van der Waals surface area contributed by atoms with Gasteiger partial charge in [-0.1, -0.05) is 30.3 Å². The lowest BCUT2D eigenvalue weighted by atomic mass is 10.0. The number of nitrogens with one attached hydrogen (secondary N) is 6. The highest BCUT2D eigenvalue weighted by atomic mass is 16.6. The number of amides is 5. The van der Waals surface area contributed by atoms with E-state index in [4.69, 9.17) is 38.6 Å². The highest BCUT2D eigenvalue weighted by molar-refractivity contribution is 5.91. The Kier molecular flexibility index (Phi) is 17.0. The minimum Gasteiger partial charge on any atom is -0.487 e. The highest BCUT2D eigenvalue weighted by Gasteiger charge is 2.36. The molecule has 2 saturated heterocycles. The standard InChI is InChI=1S/C48H71N11O10/c1-29(60)49-36-20-19-31(23-37(36)65-28-30-17-15-14-16-18-30)50-38-55-39(58-24-32(51-41(61)66-45(2,3)4)21-33(25-58)52-42(62)67-46(5,6)7)57-40(56-38)59-26-34(53-43(63)68-47(8,9)10)22-35(27-59)54-44(64)69-48(11,12)13/h14-20,23,32-35H,21-22,24-28H2,1-13H3,(H,49,60)(H,51,61)(H,52,62)(H,53,63)(H,54,64)(H,50,55,56,57)/t32-,33+,34-,35+. The van der Waals surface area contributed by atoms with E-state index in [9.17, 15) is 24.0 Å². The maximum absolute atomic E-state index is 13.2. The van der Waals surface area contributed by atoms with E-state index < -0.39 is 70.9 Å². The van der Waals surface area contributed by atoms with Crippen molar-refractivity contribution in [1.82, 2.24) is 36.2 Å². The van der Waals surface area contributed by atoms with E-state index in [1.807, 2.05) is 40.1 Å². The Labute approximate surface area is 404 Å². The first-order chi connectivity index (χ1) is 32.0. The Hall–Kier alpha value is -6.80. The van der Waals surface area contributed by atoms with Crippen molar-refractivity contribution in [3.63, 3.8) is 0 Å². The summed E-state index contributed by atoms with van der Waals surface area (Å²) in [5, 5.41) is 17.9. The predicted molar refractivity (Wildman–Crippen MR) is 261 cm³/mol. The van der Waals surface area contributed by atoms with Gasteiger partial charge in [0.2, 0.25) is 23.8 Å². The number of carbonyl (C=O) groups is 5. The number of hydrogen-bond acceptors (Lipinski definition) is 16. The number of hydrogen-bond donors (Lipinski definition) is 6. The molecule has 5 amide bonds. The van der Waals surface area contributed by atoms with Gasteiger partial charge in [0.1, 0.15) is 34.8 Å². The first kappa shape index (κ1) is 53.2. The number of ether oxygens (including phenoxy) is 5. The predicted octanol–water partition coefficient (Wildman–Crippen LogP) is 7.15. The molecule has 3 aromatic rings. The van der Waals surface area contributed by atoms with Gasteiger partial charge in [-0.25, -0.2) is 19.2 Å². The number of aromatic nitrogens is 3. The maximum Gasteiger partial charge on any atom is 0.407 e. The van der Waals surface area contributed by atoms with Crippen LogP contribution in [0.2, 0.25) is 0 Å². The fourth-order valence-electron chi connectivity index (χ4n) is 7.41. The van der Waals surface area contributed by atoms with Crippen LogP contribution < -0.4 is 46.4 Å². The van der Waals surface area contributed by atoms with Crippen LogP contribution in [0.25, 0.3) is 0 Å². The lowest BCUT2D eigenvalue weighted by Crippen LogP contribution is -2.59. The van der Waals surface area contributed by atoms with Crippen LogP contribution in [-0.4, -0.2) is 118 Å². The van der Waals surface area contributed by atoms with Gasteiger partial charge in [0.25, 0.3) is 0 Å². The SMILES string of the molecule is CC(=O)Nc1ccc(Nc2nc(N3C[C@H](NC(=O)OC(C)(C)C)C[C@H](NC(=O)OC(C)(C)C)C3)nc(N3C[C@H](NC(=O)OC(C)(C)C)C[C@H](NC(=O)OC(C)(C)C)C3)n2)cc1OCc1ccccc1. The highest BCUT2D eigenvalue weighted by Crippen LogP contribution is 2.32. The van der Waals surface area contributed by atoms with Crippen LogP contribution >= 0.6 is 0 Å². The molecule has 0 unspecified atom stereocenters. The molecule has 2 aromatic carbocycles. The van der Waals surface area contributed by atoms with Gasteiger partial charge in [0, 0.05) is 44.9 Å². The monoisotopic (exact) mass is 962 g/mol. The summed E-state index contributed by atoms with van der Waals surface area (Å²) in [7, 11) is 0. The third kappa shape index (κ3) is 18.7. The zero-order chi connectivity index (χ0) is 50.9. The molecule has 378 valence electrons. The number of anilines is 5. The van der Waals surface area contributed by atoms with Crippen molar-refractivity contribution >= 4 is 59.5 Å². The van der Waals surface area contributed by atoms with E-state index >= 15 is 0 Å². The summed E-state index contributed by atoms with van der Waals surface area (Å²) >= 11 is 0. The Balaban J connectivity index is 1.58. The molecule has 2 aliphatic rings. The van der Waals surface area contributed by atoms with Gasteiger partial charge in [-0.05, 0) is 114 Å². The number of carbonyl (C=O) groups excluding carboxylic acids is 5. The van der Waals surface area contributed by atoms with Crippen LogP contribution in [0.5, 0.6) is 5.75 Å². The zero-order valence-electron chi connectivity index (χ0n) is 42.2. The number of alkyl carbamates (subject to hydrolysis) is 4. The molecule has 4 atom stereocenters. The molecule has 6 N–H and O–H groups in total. The van der Waals surface area contributed by atoms with Crippen molar-refractivity contribution in [1.29, 1.82) is 0 Å². The van der Waals surface area contributed by atoms with Gasteiger partial charge in [-0.2, -0.15) is 15.0 Å². The molecule has 1 aromatic heterocycles. The number of rotatable bonds is 12. The van der Waals surface area contributed by atoms with Crippen LogP contribution in [0.15, 0.2) is 48.5 Å². The molecular formula is C48H71N11O10. The van der Waals surface area contributed by atoms with Crippen LogP contribution in [0.3, 0.4) is 0 Å². The fourth-order valence-corrected chi connectivity index (χ4v) is 7.41. The van der Waals surface area contributed by atoms with Crippen molar-refractivity contribution in [3.05, 3.63) is 54.1 Å². The van der Waals surface area contributed by atoms with Crippen LogP contribution in [0, 0.1) is 0 Å². The number of nitrogens with zero attached hydrogens (tertiary/aromatic N) is 5. The molecular weight excluding hydrogens is 891 g/mol. The molecule has 69 heavy (non-hydrogen) atoms. The molecule has 0 bridgehead atoms. The van der Waals surface area contributed by atoms with E-state index in [0.29, 0.717) is 30.0 Å². The normalized spacial score (nSPS) is 18.7. The second kappa shape index (κ2) is 22.1. The van der Waals surface area contributed by atoms with E-state index in [1.54, 1.807) is 101 Å². The first-order valence-corrected chi connectivity index (χ1v) is 23.1. The summed E-state index contributed by atoms with van der Waals surface area (Å²) in [4.78, 5) is 83.3. The summed E-state index contributed by atoms with van der Waals surface area (Å²) in [6, 6.07) is 12.5. The van der Waals surface area contributed by atoms with Gasteiger partial charge in [0.15, 0.2) is 0 Å². The minimum atomic E-state index is -0.774. The molecule has 5 rings (SSSR count). The number of piperidine rings is 2. The van der Waals surface area contributed by atoms with E-state index in [-0.39, 0.29) is 56.5 Å². The third-order valence-electron chi connectivity index (χ3n) is 9.75. The van der Waals surface area contributed by atoms with E-state index in [1.165, 1.54) is 6.92 Å². The molecule has 2 fully saturated rings. The van der Waals surface area contributed by atoms with Crippen molar-refractivity contribution in [3.8, 4) is 5.75 Å². The van der Waals surface area contributed by atoms with Gasteiger partial charge in [-0.15, -0.1) is 0 Å². The van der Waals surface area contributed by atoms with Crippen molar-refractivity contribution in [2.75, 3.05) is 46.6 Å². The summed E-state index contributed by atoms with van der Waals surface area (Å²) in [6.45, 7) is 23.6. The third-order valence-corrected chi connectivity index (χ3v) is 9.75. The molecule has 21 nitrogen and oxygen atoms in total. The van der Waals surface area contributed by atoms with E-state index in [0.717, 1.165) is 5.56 Å². The lowest BCUT2D eigenvalue weighted by molar-refractivity contribution is -0.114. The van der Waals surface area contributed by atoms with Crippen molar-refractivity contribution < 1.29 is 47.7 Å². The first-order valence-electron chi connectivity index (χ1n) is 23.1. The second-order valence-electron chi connectivity index (χ2n) is 21.2. The van der Waals surface area contributed by atoms with Crippen LogP contribution in [0.4, 0.5) is 48.4 Å². The molecule has 3 heterocycles. The second-order valence-corrected chi connectivity index (χ2v) is 21.2. The van der Waals surface area contributed by atoms with Gasteiger partial charge >= 0.3 is 24.4 Å². The smallest absolute Gasteiger partial charge is 0.407 e. The Morgan fingerprint density at radius 3 is 1.32 bits per heavy atom. The number of benzene rings is 2. The maximum atomic E-state index is 13.2. The Morgan fingerprint density at radius 1 is 0.565 bits per heavy atom.